The molecule has 4 rings (SSSR count). The molecule has 5 atom stereocenters. The lowest BCUT2D eigenvalue weighted by molar-refractivity contribution is 0.0948. The van der Waals surface area contributed by atoms with E-state index in [1.54, 1.807) is 36.0 Å². The lowest BCUT2D eigenvalue weighted by atomic mass is 9.93. The van der Waals surface area contributed by atoms with Crippen LogP contribution in [-0.2, 0) is 10.8 Å². The van der Waals surface area contributed by atoms with Crippen molar-refractivity contribution in [2.75, 3.05) is 23.9 Å². The maximum absolute atomic E-state index is 12.4. The number of carbonyl (C=O) groups is 2. The number of aliphatic hydroxyl groups excluding tert-OH is 2. The van der Waals surface area contributed by atoms with E-state index in [1.807, 2.05) is 62.3 Å². The summed E-state index contributed by atoms with van der Waals surface area (Å²) in [6, 6.07) is 2.52. The predicted molar refractivity (Wildman–Crippen MR) is 162 cm³/mol. The quantitative estimate of drug-likeness (QED) is 0.445. The molecule has 0 spiro atoms. The van der Waals surface area contributed by atoms with E-state index in [0.29, 0.717) is 23.2 Å². The summed E-state index contributed by atoms with van der Waals surface area (Å²) in [6.45, 7) is 18.1. The van der Waals surface area contributed by atoms with Gasteiger partial charge >= 0.3 is 12.1 Å². The van der Waals surface area contributed by atoms with Crippen molar-refractivity contribution in [1.29, 1.82) is 0 Å². The predicted octanol–water partition coefficient (Wildman–Crippen LogP) is 5.54. The van der Waals surface area contributed by atoms with E-state index in [0.717, 1.165) is 19.3 Å². The molecule has 4 heterocycles. The summed E-state index contributed by atoms with van der Waals surface area (Å²) in [4.78, 5) is 30.5. The number of aliphatic hydroxyl groups is 2. The molecule has 0 saturated carbocycles. The first-order valence-corrected chi connectivity index (χ1v) is 14.4. The van der Waals surface area contributed by atoms with Crippen LogP contribution in [0.25, 0.3) is 0 Å². The van der Waals surface area contributed by atoms with Crippen molar-refractivity contribution in [3.63, 3.8) is 0 Å². The van der Waals surface area contributed by atoms with E-state index in [4.69, 9.17) is 9.05 Å². The highest BCUT2D eigenvalue weighted by molar-refractivity contribution is 5.94. The molecule has 2 aliphatic heterocycles. The van der Waals surface area contributed by atoms with Gasteiger partial charge in [0.2, 0.25) is 0 Å². The van der Waals surface area contributed by atoms with Crippen LogP contribution in [0.5, 0.6) is 0 Å². The van der Waals surface area contributed by atoms with Gasteiger partial charge < -0.3 is 29.1 Å². The van der Waals surface area contributed by atoms with Crippen LogP contribution in [0.15, 0.2) is 21.2 Å². The summed E-state index contributed by atoms with van der Waals surface area (Å²) in [5, 5.41) is 28.8. The molecule has 2 N–H and O–H groups in total. The molecule has 12 heteroatoms. The van der Waals surface area contributed by atoms with Gasteiger partial charge in [0.1, 0.15) is 11.5 Å². The standard InChI is InChI=1S/C15H25N3O3.C14H23N3O3.CH4/c1-7-9(2)12-13(19)18(14(20)17(12)6)11-8-10(21-16-11)15(3,4)5;1-6-7-9-12(18)17(13(19)16(9)5)11-8-10(20-15-11)14(2,3)4;/h8-9,12-13,19H,7H2,1-6H3;8-9,12,18H,6-7H2,1-5H3;1H4/t9?,12-,13?;9-,12?;/m01./s1. The van der Waals surface area contributed by atoms with Gasteiger partial charge in [0.15, 0.2) is 24.1 Å². The lowest BCUT2D eigenvalue weighted by Gasteiger charge is -2.26. The highest BCUT2D eigenvalue weighted by atomic mass is 16.5. The summed E-state index contributed by atoms with van der Waals surface area (Å²) in [6.07, 6.45) is 0.753. The summed E-state index contributed by atoms with van der Waals surface area (Å²) < 4.78 is 10.6. The second-order valence-corrected chi connectivity index (χ2v) is 13.2. The Bertz CT molecular complexity index is 1200. The molecule has 3 unspecified atom stereocenters. The molecule has 2 aromatic heterocycles. The van der Waals surface area contributed by atoms with Crippen LogP contribution in [0.3, 0.4) is 0 Å². The zero-order valence-corrected chi connectivity index (χ0v) is 26.4. The Kier molecular flexibility index (Phi) is 10.9. The summed E-state index contributed by atoms with van der Waals surface area (Å²) in [7, 11) is 3.42. The lowest BCUT2D eigenvalue weighted by Crippen LogP contribution is -2.40. The number of hydrogen-bond donors (Lipinski definition) is 2. The normalized spacial score (nSPS) is 23.7. The Balaban J connectivity index is 0.000000287. The molecule has 12 nitrogen and oxygen atoms in total. The molecule has 4 amide bonds. The first kappa shape index (κ1) is 35.1. The van der Waals surface area contributed by atoms with Crippen molar-refractivity contribution < 1.29 is 28.8 Å². The van der Waals surface area contributed by atoms with Crippen LogP contribution < -0.4 is 9.80 Å². The molecule has 0 radical (unpaired) electrons. The molecule has 2 saturated heterocycles. The zero-order valence-electron chi connectivity index (χ0n) is 26.4. The SMILES string of the molecule is C.CCC(C)[C@H]1C(O)N(c2cc(C(C)(C)C)on2)C(=O)N1C.CCC[C@@H]1C(O)N(c2cc(C(C)(C)C)on2)C(=O)N1C. The average Bonchev–Trinajstić information content (AvgIpc) is 3.64. The van der Waals surface area contributed by atoms with Gasteiger partial charge in [-0.05, 0) is 12.3 Å². The number of likely N-dealkylation sites (N-methyl/N-ethyl adjacent to an activating group) is 2. The van der Waals surface area contributed by atoms with Gasteiger partial charge in [0.25, 0.3) is 0 Å². The van der Waals surface area contributed by atoms with E-state index in [-0.39, 0.29) is 48.3 Å². The third-order valence-electron chi connectivity index (χ3n) is 7.92. The van der Waals surface area contributed by atoms with Crippen LogP contribution in [0, 0.1) is 5.92 Å². The van der Waals surface area contributed by atoms with Crippen LogP contribution in [0.1, 0.15) is 101 Å². The summed E-state index contributed by atoms with van der Waals surface area (Å²) in [5.41, 5.74) is -0.380. The Morgan fingerprint density at radius 3 is 1.64 bits per heavy atom. The van der Waals surface area contributed by atoms with E-state index < -0.39 is 12.5 Å². The minimum Gasteiger partial charge on any atom is -0.371 e. The number of aromatic nitrogens is 2. The molecule has 238 valence electrons. The van der Waals surface area contributed by atoms with Crippen molar-refractivity contribution in [3.8, 4) is 0 Å². The van der Waals surface area contributed by atoms with Gasteiger partial charge in [-0.2, -0.15) is 0 Å². The molecule has 0 aromatic carbocycles. The average molecular weight is 593 g/mol. The van der Waals surface area contributed by atoms with Gasteiger partial charge in [-0.25, -0.2) is 19.4 Å². The molecule has 2 aromatic rings. The molecular formula is C30H52N6O6. The minimum atomic E-state index is -0.907. The highest BCUT2D eigenvalue weighted by Crippen LogP contribution is 2.34. The Labute approximate surface area is 250 Å². The van der Waals surface area contributed by atoms with Gasteiger partial charge in [-0.15, -0.1) is 0 Å². The van der Waals surface area contributed by atoms with Gasteiger partial charge in [0, 0.05) is 37.1 Å². The van der Waals surface area contributed by atoms with Crippen molar-refractivity contribution in [2.45, 2.75) is 124 Å². The number of amides is 4. The van der Waals surface area contributed by atoms with Gasteiger partial charge in [0.05, 0.1) is 12.1 Å². The van der Waals surface area contributed by atoms with Crippen LogP contribution in [-0.4, -0.2) is 81.0 Å². The second-order valence-electron chi connectivity index (χ2n) is 13.2. The largest absolute Gasteiger partial charge is 0.371 e. The van der Waals surface area contributed by atoms with Crippen molar-refractivity contribution in [1.82, 2.24) is 20.1 Å². The van der Waals surface area contributed by atoms with E-state index in [9.17, 15) is 19.8 Å². The fourth-order valence-electron chi connectivity index (χ4n) is 5.05. The number of nitrogens with zero attached hydrogens (tertiary/aromatic N) is 6. The van der Waals surface area contributed by atoms with E-state index in [2.05, 4.69) is 10.3 Å². The maximum atomic E-state index is 12.4. The Hall–Kier alpha value is -3.12. The fourth-order valence-corrected chi connectivity index (χ4v) is 5.05. The number of hydrogen-bond acceptors (Lipinski definition) is 8. The van der Waals surface area contributed by atoms with Crippen LogP contribution >= 0.6 is 0 Å². The van der Waals surface area contributed by atoms with E-state index in [1.165, 1.54) is 9.80 Å². The third kappa shape index (κ3) is 6.75. The number of rotatable bonds is 6. The molecule has 2 fully saturated rings. The maximum Gasteiger partial charge on any atom is 0.328 e. The third-order valence-corrected chi connectivity index (χ3v) is 7.92. The van der Waals surface area contributed by atoms with Crippen molar-refractivity contribution >= 4 is 23.7 Å². The van der Waals surface area contributed by atoms with Crippen LogP contribution in [0.2, 0.25) is 0 Å². The first-order valence-electron chi connectivity index (χ1n) is 14.4. The second kappa shape index (κ2) is 13.0. The Morgan fingerprint density at radius 2 is 1.26 bits per heavy atom. The zero-order chi connectivity index (χ0) is 31.0. The topological polar surface area (TPSA) is 140 Å². The Morgan fingerprint density at radius 1 is 0.833 bits per heavy atom. The van der Waals surface area contributed by atoms with Gasteiger partial charge in [-0.1, -0.05) is 92.9 Å². The monoisotopic (exact) mass is 592 g/mol. The fraction of sp³-hybridized carbons (Fsp3) is 0.733. The smallest absolute Gasteiger partial charge is 0.328 e. The van der Waals surface area contributed by atoms with Crippen LogP contribution in [0.4, 0.5) is 21.2 Å². The van der Waals surface area contributed by atoms with Gasteiger partial charge in [-0.3, -0.25) is 0 Å². The number of carbonyl (C=O) groups excluding carboxylic acids is 2. The number of anilines is 2. The number of urea groups is 2. The molecule has 2 aliphatic rings. The molecular weight excluding hydrogens is 540 g/mol. The van der Waals surface area contributed by atoms with Crippen molar-refractivity contribution in [2.24, 2.45) is 5.92 Å². The van der Waals surface area contributed by atoms with E-state index >= 15 is 0 Å². The highest BCUT2D eigenvalue weighted by Gasteiger charge is 2.47. The van der Waals surface area contributed by atoms with Crippen molar-refractivity contribution in [3.05, 3.63) is 23.7 Å². The summed E-state index contributed by atoms with van der Waals surface area (Å²) in [5.74, 6) is 2.32. The minimum absolute atomic E-state index is 0. The first-order chi connectivity index (χ1) is 18.9. The molecule has 0 aliphatic carbocycles. The summed E-state index contributed by atoms with van der Waals surface area (Å²) >= 11 is 0. The molecule has 42 heavy (non-hydrogen) atoms. The molecule has 0 bridgehead atoms.